The van der Waals surface area contributed by atoms with Gasteiger partial charge in [-0.25, -0.2) is 4.98 Å². The van der Waals surface area contributed by atoms with Crippen molar-refractivity contribution in [3.05, 3.63) is 12.2 Å². The lowest BCUT2D eigenvalue weighted by Gasteiger charge is -2.26. The first-order chi connectivity index (χ1) is 12.3. The van der Waals surface area contributed by atoms with E-state index in [1.807, 2.05) is 13.0 Å². The molecular weight excluding hydrogens is 340 g/mol. The minimum absolute atomic E-state index is 0.0517. The number of hydrogen-bond donors (Lipinski definition) is 4. The molecule has 26 heavy (non-hydrogen) atoms. The standard InChI is InChI=1S/C16H20N6O4/c1-4-18-11-10-12(21-9(5-17)20-11)22(7-19-10)13-16(25)14(2,3)15(16,24)8(6-23)26-13/h7-8,13,23-25H,4,6H2,1-3H3,(H,18,20,21)/t8-,13-,15+,16-/m1/s1. The van der Waals surface area contributed by atoms with Gasteiger partial charge in [-0.3, -0.25) is 4.57 Å². The lowest BCUT2D eigenvalue weighted by Crippen LogP contribution is -2.36. The fourth-order valence-corrected chi connectivity index (χ4v) is 4.26. The Labute approximate surface area is 149 Å². The molecule has 1 saturated carbocycles. The highest BCUT2D eigenvalue weighted by Crippen LogP contribution is 2.75. The summed E-state index contributed by atoms with van der Waals surface area (Å²) in [6.07, 6.45) is -0.533. The number of fused-ring (bicyclic) bond motifs is 2. The van der Waals surface area contributed by atoms with Gasteiger partial charge in [0.2, 0.25) is 5.82 Å². The Morgan fingerprint density at radius 3 is 2.65 bits per heavy atom. The molecule has 0 amide bonds. The third-order valence-corrected chi connectivity index (χ3v) is 5.82. The Balaban J connectivity index is 1.89. The zero-order valence-electron chi connectivity index (χ0n) is 14.6. The quantitative estimate of drug-likeness (QED) is 0.567. The maximum Gasteiger partial charge on any atom is 0.236 e. The molecule has 0 radical (unpaired) electrons. The van der Waals surface area contributed by atoms with Crippen molar-refractivity contribution in [1.29, 1.82) is 5.26 Å². The van der Waals surface area contributed by atoms with Crippen LogP contribution in [0.2, 0.25) is 0 Å². The summed E-state index contributed by atoms with van der Waals surface area (Å²) in [7, 11) is 0. The highest BCUT2D eigenvalue weighted by atomic mass is 16.6. The van der Waals surface area contributed by atoms with Crippen LogP contribution in [-0.2, 0) is 4.74 Å². The lowest BCUT2D eigenvalue weighted by atomic mass is 10.0. The van der Waals surface area contributed by atoms with Crippen LogP contribution in [-0.4, -0.2) is 65.3 Å². The van der Waals surface area contributed by atoms with E-state index in [1.54, 1.807) is 13.8 Å². The van der Waals surface area contributed by atoms with Crippen molar-refractivity contribution in [1.82, 2.24) is 19.5 Å². The molecule has 138 valence electrons. The van der Waals surface area contributed by atoms with Crippen molar-refractivity contribution in [2.75, 3.05) is 18.5 Å². The molecule has 0 aromatic carbocycles. The third-order valence-electron chi connectivity index (χ3n) is 5.82. The first-order valence-corrected chi connectivity index (χ1v) is 8.37. The molecule has 1 saturated heterocycles. The van der Waals surface area contributed by atoms with Gasteiger partial charge in [-0.05, 0) is 6.92 Å². The maximum absolute atomic E-state index is 11.2. The molecule has 0 bridgehead atoms. The number of nitriles is 1. The highest BCUT2D eigenvalue weighted by molar-refractivity contribution is 5.83. The zero-order valence-corrected chi connectivity index (χ0v) is 14.6. The van der Waals surface area contributed by atoms with Crippen LogP contribution in [0.4, 0.5) is 5.82 Å². The summed E-state index contributed by atoms with van der Waals surface area (Å²) in [5.74, 6) is 0.353. The highest BCUT2D eigenvalue weighted by Gasteiger charge is 2.92. The number of nitrogens with zero attached hydrogens (tertiary/aromatic N) is 5. The van der Waals surface area contributed by atoms with E-state index in [2.05, 4.69) is 20.3 Å². The smallest absolute Gasteiger partial charge is 0.236 e. The van der Waals surface area contributed by atoms with Gasteiger partial charge < -0.3 is 25.4 Å². The molecule has 2 fully saturated rings. The van der Waals surface area contributed by atoms with E-state index < -0.39 is 35.6 Å². The largest absolute Gasteiger partial charge is 0.394 e. The summed E-state index contributed by atoms with van der Waals surface area (Å²) < 4.78 is 7.23. The van der Waals surface area contributed by atoms with E-state index in [0.29, 0.717) is 23.5 Å². The van der Waals surface area contributed by atoms with E-state index in [-0.39, 0.29) is 5.82 Å². The molecule has 4 N–H and O–H groups in total. The second kappa shape index (κ2) is 5.11. The number of aliphatic hydroxyl groups is 3. The first kappa shape index (κ1) is 17.1. The molecule has 10 nitrogen and oxygen atoms in total. The molecule has 1 aliphatic carbocycles. The number of anilines is 1. The van der Waals surface area contributed by atoms with E-state index in [1.165, 1.54) is 10.9 Å². The van der Waals surface area contributed by atoms with Crippen LogP contribution in [0.15, 0.2) is 6.33 Å². The molecule has 1 aliphatic heterocycles. The molecule has 0 spiro atoms. The van der Waals surface area contributed by atoms with E-state index in [4.69, 9.17) is 4.74 Å². The van der Waals surface area contributed by atoms with Gasteiger partial charge in [-0.1, -0.05) is 13.8 Å². The zero-order chi connectivity index (χ0) is 18.9. The average Bonchev–Trinajstić information content (AvgIpc) is 2.99. The van der Waals surface area contributed by atoms with Gasteiger partial charge in [-0.2, -0.15) is 15.2 Å². The lowest BCUT2D eigenvalue weighted by molar-refractivity contribution is -0.123. The van der Waals surface area contributed by atoms with Crippen LogP contribution >= 0.6 is 0 Å². The van der Waals surface area contributed by atoms with Crippen molar-refractivity contribution in [3.63, 3.8) is 0 Å². The number of rotatable bonds is 4. The fourth-order valence-electron chi connectivity index (χ4n) is 4.26. The summed E-state index contributed by atoms with van der Waals surface area (Å²) in [5, 5.41) is 44.0. The van der Waals surface area contributed by atoms with Gasteiger partial charge >= 0.3 is 0 Å². The van der Waals surface area contributed by atoms with E-state index in [0.717, 1.165) is 0 Å². The van der Waals surface area contributed by atoms with Crippen LogP contribution in [0.1, 0.15) is 32.8 Å². The Hall–Kier alpha value is -2.32. The van der Waals surface area contributed by atoms with Crippen LogP contribution in [0.5, 0.6) is 0 Å². The molecule has 4 rings (SSSR count). The third kappa shape index (κ3) is 1.66. The van der Waals surface area contributed by atoms with Gasteiger partial charge in [0, 0.05) is 12.0 Å². The minimum atomic E-state index is -1.63. The Morgan fingerprint density at radius 1 is 1.35 bits per heavy atom. The Morgan fingerprint density at radius 2 is 2.08 bits per heavy atom. The number of hydrogen-bond acceptors (Lipinski definition) is 9. The summed E-state index contributed by atoms with van der Waals surface area (Å²) in [5.41, 5.74) is -3.40. The number of imidazole rings is 1. The molecular formula is C16H20N6O4. The second-order valence-corrected chi connectivity index (χ2v) is 7.18. The molecule has 0 unspecified atom stereocenters. The Kier molecular flexibility index (Phi) is 3.36. The van der Waals surface area contributed by atoms with Crippen molar-refractivity contribution in [3.8, 4) is 6.07 Å². The average molecular weight is 360 g/mol. The van der Waals surface area contributed by atoms with Crippen LogP contribution in [0.3, 0.4) is 0 Å². The molecule has 10 heteroatoms. The Bertz CT molecular complexity index is 937. The molecule has 4 atom stereocenters. The van der Waals surface area contributed by atoms with Crippen molar-refractivity contribution in [2.45, 2.75) is 44.3 Å². The predicted molar refractivity (Wildman–Crippen MR) is 88.9 cm³/mol. The first-order valence-electron chi connectivity index (χ1n) is 8.37. The van der Waals surface area contributed by atoms with Gasteiger partial charge in [0.15, 0.2) is 23.2 Å². The molecule has 3 heterocycles. The van der Waals surface area contributed by atoms with Gasteiger partial charge in [0.1, 0.15) is 23.4 Å². The summed E-state index contributed by atoms with van der Waals surface area (Å²) in [6.45, 7) is 5.45. The van der Waals surface area contributed by atoms with Crippen LogP contribution < -0.4 is 5.32 Å². The maximum atomic E-state index is 11.2. The predicted octanol–water partition coefficient (Wildman–Crippen LogP) is -0.479. The summed E-state index contributed by atoms with van der Waals surface area (Å²) >= 11 is 0. The van der Waals surface area contributed by atoms with Crippen molar-refractivity contribution >= 4 is 17.0 Å². The van der Waals surface area contributed by atoms with E-state index >= 15 is 0 Å². The summed E-state index contributed by atoms with van der Waals surface area (Å²) in [4.78, 5) is 12.6. The van der Waals surface area contributed by atoms with Crippen molar-refractivity contribution < 1.29 is 20.1 Å². The monoisotopic (exact) mass is 360 g/mol. The number of nitrogens with one attached hydrogen (secondary N) is 1. The van der Waals surface area contributed by atoms with E-state index in [9.17, 15) is 20.6 Å². The minimum Gasteiger partial charge on any atom is -0.394 e. The second-order valence-electron chi connectivity index (χ2n) is 7.18. The van der Waals surface area contributed by atoms with Crippen molar-refractivity contribution in [2.24, 2.45) is 5.41 Å². The normalized spacial score (nSPS) is 34.5. The fraction of sp³-hybridized carbons (Fsp3) is 0.625. The molecule has 2 aromatic rings. The summed E-state index contributed by atoms with van der Waals surface area (Å²) in [6, 6.07) is 1.90. The topological polar surface area (TPSA) is 149 Å². The molecule has 2 aromatic heterocycles. The van der Waals surface area contributed by atoms with Crippen LogP contribution in [0, 0.1) is 16.7 Å². The van der Waals surface area contributed by atoms with Gasteiger partial charge in [-0.15, -0.1) is 0 Å². The number of ether oxygens (including phenoxy) is 1. The van der Waals surface area contributed by atoms with Crippen LogP contribution in [0.25, 0.3) is 11.2 Å². The number of aromatic nitrogens is 4. The number of aliphatic hydroxyl groups excluding tert-OH is 1. The molecule has 2 aliphatic rings. The van der Waals surface area contributed by atoms with Gasteiger partial charge in [0.05, 0.1) is 12.9 Å². The SMILES string of the molecule is CCNc1nc(C#N)nc2c1ncn2[C@@H]1O[C@H](CO)[C@]2(O)C(C)(C)[C@]12O. The van der Waals surface area contributed by atoms with Gasteiger partial charge in [0.25, 0.3) is 0 Å².